The molecule has 9 nitrogen and oxygen atoms in total. The van der Waals surface area contributed by atoms with E-state index in [-0.39, 0.29) is 23.9 Å². The van der Waals surface area contributed by atoms with Gasteiger partial charge in [-0.1, -0.05) is 5.21 Å². The van der Waals surface area contributed by atoms with E-state index in [2.05, 4.69) is 26.0 Å². The Morgan fingerprint density at radius 2 is 2.07 bits per heavy atom. The number of ether oxygens (including phenoxy) is 1. The van der Waals surface area contributed by atoms with Gasteiger partial charge in [-0.25, -0.2) is 9.07 Å². The highest BCUT2D eigenvalue weighted by Gasteiger charge is 2.34. The van der Waals surface area contributed by atoms with Gasteiger partial charge in [0.15, 0.2) is 0 Å². The molecule has 3 heterocycles. The average molecular weight is 399 g/mol. The van der Waals surface area contributed by atoms with Gasteiger partial charge in [-0.2, -0.15) is 0 Å². The van der Waals surface area contributed by atoms with Crippen molar-refractivity contribution in [3.63, 3.8) is 0 Å². The van der Waals surface area contributed by atoms with Gasteiger partial charge in [0, 0.05) is 26.2 Å². The monoisotopic (exact) mass is 399 g/mol. The third-order valence-electron chi connectivity index (χ3n) is 4.92. The van der Waals surface area contributed by atoms with E-state index >= 15 is 0 Å². The number of carbonyl (C=O) groups excluding carboxylic acids is 1. The van der Waals surface area contributed by atoms with E-state index in [0.29, 0.717) is 28.6 Å². The fourth-order valence-corrected chi connectivity index (χ4v) is 3.12. The molecule has 2 aromatic heterocycles. The van der Waals surface area contributed by atoms with Crippen molar-refractivity contribution in [1.82, 2.24) is 35.4 Å². The van der Waals surface area contributed by atoms with Crippen molar-refractivity contribution >= 4 is 5.91 Å². The summed E-state index contributed by atoms with van der Waals surface area (Å²) in [5.41, 5.74) is 2.24. The largest absolute Gasteiger partial charge is 0.470 e. The molecule has 10 heteroatoms. The summed E-state index contributed by atoms with van der Waals surface area (Å²) < 4.78 is 22.1. The van der Waals surface area contributed by atoms with Crippen molar-refractivity contribution in [2.75, 3.05) is 13.1 Å². The Kier molecular flexibility index (Phi) is 4.79. The molecule has 1 fully saturated rings. The average Bonchev–Trinajstić information content (AvgIpc) is 3.22. The molecule has 1 amide bonds. The van der Waals surface area contributed by atoms with Crippen molar-refractivity contribution in [3.8, 4) is 11.6 Å². The number of hydrogen-bond acceptors (Lipinski definition) is 6. The molecule has 3 aromatic rings. The topological polar surface area (TPSA) is 98.9 Å². The van der Waals surface area contributed by atoms with Crippen LogP contribution in [0.15, 0.2) is 30.3 Å². The zero-order valence-corrected chi connectivity index (χ0v) is 16.4. The van der Waals surface area contributed by atoms with Crippen LogP contribution in [0.25, 0.3) is 5.69 Å². The molecule has 1 saturated heterocycles. The molecular weight excluding hydrogens is 377 g/mol. The molecule has 0 saturated carbocycles. The van der Waals surface area contributed by atoms with E-state index in [0.717, 1.165) is 13.1 Å². The standard InChI is InChI=1S/C19H22FN7O2/c1-12-16(27(25-23-12)14-6-4-13(20)5-7-14)9-29-17-8-15(26(3)24-17)18(28)22-19(2)10-21-11-19/h4-8,21H,9-11H2,1-3H3,(H,22,28). The van der Waals surface area contributed by atoms with Gasteiger partial charge in [0.2, 0.25) is 5.88 Å². The maximum atomic E-state index is 13.2. The molecule has 0 aliphatic carbocycles. The van der Waals surface area contributed by atoms with Crippen molar-refractivity contribution in [2.45, 2.75) is 26.0 Å². The van der Waals surface area contributed by atoms with Gasteiger partial charge in [-0.05, 0) is 38.1 Å². The second-order valence-corrected chi connectivity index (χ2v) is 7.41. The van der Waals surface area contributed by atoms with Crippen LogP contribution in [0.1, 0.15) is 28.8 Å². The number of carbonyl (C=O) groups is 1. The van der Waals surface area contributed by atoms with Gasteiger partial charge in [-0.15, -0.1) is 10.2 Å². The van der Waals surface area contributed by atoms with Crippen molar-refractivity contribution in [3.05, 3.63) is 53.2 Å². The minimum Gasteiger partial charge on any atom is -0.470 e. The first-order chi connectivity index (χ1) is 13.8. The lowest BCUT2D eigenvalue weighted by atomic mass is 9.95. The zero-order valence-electron chi connectivity index (χ0n) is 16.4. The molecule has 1 aromatic carbocycles. The summed E-state index contributed by atoms with van der Waals surface area (Å²) in [6, 6.07) is 7.56. The molecule has 1 aliphatic rings. The summed E-state index contributed by atoms with van der Waals surface area (Å²) >= 11 is 0. The lowest BCUT2D eigenvalue weighted by Crippen LogP contribution is -2.67. The lowest BCUT2D eigenvalue weighted by molar-refractivity contribution is 0.0862. The summed E-state index contributed by atoms with van der Waals surface area (Å²) in [6.45, 7) is 5.42. The first-order valence-corrected chi connectivity index (χ1v) is 9.22. The summed E-state index contributed by atoms with van der Waals surface area (Å²) in [5, 5.41) is 18.6. The van der Waals surface area contributed by atoms with Crippen LogP contribution in [-0.2, 0) is 13.7 Å². The molecule has 0 unspecified atom stereocenters. The second-order valence-electron chi connectivity index (χ2n) is 7.41. The smallest absolute Gasteiger partial charge is 0.270 e. The van der Waals surface area contributed by atoms with Gasteiger partial charge in [-0.3, -0.25) is 9.48 Å². The Labute approximate surface area is 166 Å². The maximum absolute atomic E-state index is 13.2. The predicted molar refractivity (Wildman–Crippen MR) is 102 cm³/mol. The van der Waals surface area contributed by atoms with E-state index in [1.165, 1.54) is 16.8 Å². The van der Waals surface area contributed by atoms with Crippen LogP contribution in [0.3, 0.4) is 0 Å². The van der Waals surface area contributed by atoms with Gasteiger partial charge < -0.3 is 15.4 Å². The second kappa shape index (κ2) is 7.28. The van der Waals surface area contributed by atoms with Gasteiger partial charge in [0.05, 0.1) is 16.9 Å². The third kappa shape index (κ3) is 3.83. The summed E-state index contributed by atoms with van der Waals surface area (Å²) in [5.74, 6) is -0.205. The number of aromatic nitrogens is 5. The Hall–Kier alpha value is -3.27. The normalized spacial score (nSPS) is 15.0. The molecule has 0 bridgehead atoms. The van der Waals surface area contributed by atoms with Crippen LogP contribution in [0.5, 0.6) is 5.88 Å². The highest BCUT2D eigenvalue weighted by Crippen LogP contribution is 2.18. The molecule has 2 N–H and O–H groups in total. The minimum absolute atomic E-state index is 0.149. The predicted octanol–water partition coefficient (Wildman–Crippen LogP) is 1.12. The number of benzene rings is 1. The number of hydrogen-bond donors (Lipinski definition) is 2. The first kappa shape index (κ1) is 19.1. The molecule has 152 valence electrons. The molecule has 1 aliphatic heterocycles. The maximum Gasteiger partial charge on any atom is 0.270 e. The molecular formula is C19H22FN7O2. The van der Waals surface area contributed by atoms with Crippen LogP contribution in [0.4, 0.5) is 4.39 Å². The number of nitrogens with one attached hydrogen (secondary N) is 2. The van der Waals surface area contributed by atoms with Crippen LogP contribution in [0.2, 0.25) is 0 Å². The molecule has 0 spiro atoms. The molecule has 0 atom stereocenters. The van der Waals surface area contributed by atoms with Crippen LogP contribution < -0.4 is 15.4 Å². The number of amides is 1. The summed E-state index contributed by atoms with van der Waals surface area (Å²) in [4.78, 5) is 12.5. The van der Waals surface area contributed by atoms with E-state index in [1.54, 1.807) is 29.9 Å². The number of rotatable bonds is 6. The van der Waals surface area contributed by atoms with Gasteiger partial charge in [0.25, 0.3) is 5.91 Å². The Morgan fingerprint density at radius 1 is 1.34 bits per heavy atom. The van der Waals surface area contributed by atoms with E-state index in [1.807, 2.05) is 13.8 Å². The highest BCUT2D eigenvalue weighted by molar-refractivity contribution is 5.93. The van der Waals surface area contributed by atoms with Crippen molar-refractivity contribution in [2.24, 2.45) is 7.05 Å². The van der Waals surface area contributed by atoms with Crippen molar-refractivity contribution < 1.29 is 13.9 Å². The number of halogens is 1. The first-order valence-electron chi connectivity index (χ1n) is 9.22. The molecule has 4 rings (SSSR count). The van der Waals surface area contributed by atoms with E-state index < -0.39 is 0 Å². The van der Waals surface area contributed by atoms with E-state index in [4.69, 9.17) is 4.74 Å². The molecule has 0 radical (unpaired) electrons. The summed E-state index contributed by atoms with van der Waals surface area (Å²) in [6.07, 6.45) is 0. The Morgan fingerprint density at radius 3 is 2.72 bits per heavy atom. The summed E-state index contributed by atoms with van der Waals surface area (Å²) in [7, 11) is 1.69. The zero-order chi connectivity index (χ0) is 20.6. The van der Waals surface area contributed by atoms with Crippen molar-refractivity contribution in [1.29, 1.82) is 0 Å². The number of aryl methyl sites for hydroxylation is 2. The lowest BCUT2D eigenvalue weighted by Gasteiger charge is -2.39. The quantitative estimate of drug-likeness (QED) is 0.645. The van der Waals surface area contributed by atoms with Crippen LogP contribution >= 0.6 is 0 Å². The fraction of sp³-hybridized carbons (Fsp3) is 0.368. The Bertz CT molecular complexity index is 1040. The van der Waals surface area contributed by atoms with Crippen LogP contribution in [0, 0.1) is 12.7 Å². The van der Waals surface area contributed by atoms with Crippen LogP contribution in [-0.4, -0.2) is 49.3 Å². The van der Waals surface area contributed by atoms with E-state index in [9.17, 15) is 9.18 Å². The SMILES string of the molecule is Cc1nnn(-c2ccc(F)cc2)c1COc1cc(C(=O)NC2(C)CNC2)n(C)n1. The van der Waals surface area contributed by atoms with Gasteiger partial charge in [0.1, 0.15) is 23.8 Å². The number of nitrogens with zero attached hydrogens (tertiary/aromatic N) is 5. The Balaban J connectivity index is 1.48. The highest BCUT2D eigenvalue weighted by atomic mass is 19.1. The fourth-order valence-electron chi connectivity index (χ4n) is 3.12. The van der Waals surface area contributed by atoms with Gasteiger partial charge >= 0.3 is 0 Å². The third-order valence-corrected chi connectivity index (χ3v) is 4.92. The minimum atomic E-state index is -0.325. The molecule has 29 heavy (non-hydrogen) atoms.